The van der Waals surface area contributed by atoms with Gasteiger partial charge in [0.15, 0.2) is 0 Å². The second-order valence-electron chi connectivity index (χ2n) is 12.6. The number of likely N-dealkylation sites (tertiary alicyclic amines) is 2. The standard InChI is InChI=1S/C30H52N4O4/c1-2-3-9-27-30(38-29(36)34(27)24-25-7-5-4-6-8-25)13-18-32(19-14-30)26-10-16-33(17-11-26)28(35)12-15-31-20-22-37-23-21-31/h25-27H,2-24H2,1H3. The van der Waals surface area contributed by atoms with Crippen molar-refractivity contribution in [2.45, 2.75) is 108 Å². The first kappa shape index (κ1) is 28.2. The van der Waals surface area contributed by atoms with Crippen molar-refractivity contribution in [2.24, 2.45) is 5.92 Å². The molecule has 2 amide bonds. The molecular weight excluding hydrogens is 480 g/mol. The molecule has 216 valence electrons. The van der Waals surface area contributed by atoms with Gasteiger partial charge in [0.1, 0.15) is 5.60 Å². The van der Waals surface area contributed by atoms with Crippen LogP contribution >= 0.6 is 0 Å². The van der Waals surface area contributed by atoms with Crippen LogP contribution < -0.4 is 0 Å². The third-order valence-corrected chi connectivity index (χ3v) is 10.2. The highest BCUT2D eigenvalue weighted by atomic mass is 16.6. The summed E-state index contributed by atoms with van der Waals surface area (Å²) in [6, 6.07) is 0.783. The van der Waals surface area contributed by atoms with Gasteiger partial charge in [-0.05, 0) is 38.0 Å². The second-order valence-corrected chi connectivity index (χ2v) is 12.6. The molecule has 1 unspecified atom stereocenters. The van der Waals surface area contributed by atoms with Crippen LogP contribution in [-0.4, -0.2) is 115 Å². The Morgan fingerprint density at radius 2 is 1.66 bits per heavy atom. The van der Waals surface area contributed by atoms with Crippen LogP contribution in [0.2, 0.25) is 0 Å². The van der Waals surface area contributed by atoms with Crippen molar-refractivity contribution in [3.63, 3.8) is 0 Å². The normalized spacial score (nSPS) is 28.2. The zero-order valence-electron chi connectivity index (χ0n) is 23.9. The van der Waals surface area contributed by atoms with E-state index in [0.717, 1.165) is 111 Å². The summed E-state index contributed by atoms with van der Waals surface area (Å²) in [4.78, 5) is 35.2. The van der Waals surface area contributed by atoms with Gasteiger partial charge < -0.3 is 19.3 Å². The van der Waals surface area contributed by atoms with E-state index in [1.54, 1.807) is 0 Å². The molecule has 1 spiro atoms. The van der Waals surface area contributed by atoms with Gasteiger partial charge >= 0.3 is 6.09 Å². The van der Waals surface area contributed by atoms with E-state index < -0.39 is 0 Å². The summed E-state index contributed by atoms with van der Waals surface area (Å²) < 4.78 is 11.7. The highest BCUT2D eigenvalue weighted by Crippen LogP contribution is 2.42. The smallest absolute Gasteiger partial charge is 0.410 e. The molecule has 1 aliphatic carbocycles. The van der Waals surface area contributed by atoms with Gasteiger partial charge in [-0.2, -0.15) is 0 Å². The monoisotopic (exact) mass is 532 g/mol. The number of ether oxygens (including phenoxy) is 2. The van der Waals surface area contributed by atoms with Crippen LogP contribution in [0.1, 0.15) is 90.4 Å². The Morgan fingerprint density at radius 3 is 2.34 bits per heavy atom. The highest BCUT2D eigenvalue weighted by Gasteiger charge is 2.55. The molecule has 5 aliphatic rings. The van der Waals surface area contributed by atoms with Crippen LogP contribution in [-0.2, 0) is 14.3 Å². The lowest BCUT2D eigenvalue weighted by molar-refractivity contribution is -0.133. The minimum absolute atomic E-state index is 0.0472. The van der Waals surface area contributed by atoms with Crippen LogP contribution in [0.3, 0.4) is 0 Å². The molecule has 0 radical (unpaired) electrons. The molecule has 5 fully saturated rings. The number of rotatable bonds is 9. The molecule has 8 heteroatoms. The van der Waals surface area contributed by atoms with Crippen molar-refractivity contribution in [1.29, 1.82) is 0 Å². The lowest BCUT2D eigenvalue weighted by Gasteiger charge is -2.46. The van der Waals surface area contributed by atoms with E-state index >= 15 is 0 Å². The number of amides is 2. The van der Waals surface area contributed by atoms with Gasteiger partial charge in [0.05, 0.1) is 19.3 Å². The van der Waals surface area contributed by atoms with Crippen molar-refractivity contribution >= 4 is 12.0 Å². The van der Waals surface area contributed by atoms with Crippen molar-refractivity contribution in [1.82, 2.24) is 19.6 Å². The maximum atomic E-state index is 13.2. The van der Waals surface area contributed by atoms with Gasteiger partial charge in [-0.25, -0.2) is 4.79 Å². The number of piperidine rings is 2. The largest absolute Gasteiger partial charge is 0.440 e. The first-order valence-electron chi connectivity index (χ1n) is 15.9. The third-order valence-electron chi connectivity index (χ3n) is 10.2. The number of carbonyl (C=O) groups is 2. The fraction of sp³-hybridized carbons (Fsp3) is 0.933. The number of unbranched alkanes of at least 4 members (excludes halogenated alkanes) is 1. The Hall–Kier alpha value is -1.38. The summed E-state index contributed by atoms with van der Waals surface area (Å²) in [5.41, 5.74) is -0.298. The van der Waals surface area contributed by atoms with E-state index in [2.05, 4.69) is 26.5 Å². The van der Waals surface area contributed by atoms with Crippen molar-refractivity contribution in [2.75, 3.05) is 65.6 Å². The van der Waals surface area contributed by atoms with Crippen LogP contribution in [0.25, 0.3) is 0 Å². The molecule has 0 aromatic carbocycles. The number of morpholine rings is 1. The predicted octanol–water partition coefficient (Wildman–Crippen LogP) is 4.13. The fourth-order valence-corrected chi connectivity index (χ4v) is 7.80. The summed E-state index contributed by atoms with van der Waals surface area (Å²) >= 11 is 0. The average molecular weight is 533 g/mol. The first-order valence-corrected chi connectivity index (χ1v) is 15.9. The van der Waals surface area contributed by atoms with Gasteiger partial charge in [-0.3, -0.25) is 14.6 Å². The quantitative estimate of drug-likeness (QED) is 0.445. The zero-order chi connectivity index (χ0) is 26.4. The molecule has 38 heavy (non-hydrogen) atoms. The molecule has 0 aromatic rings. The van der Waals surface area contributed by atoms with Crippen LogP contribution in [0.4, 0.5) is 4.79 Å². The van der Waals surface area contributed by atoms with E-state index in [1.165, 1.54) is 32.1 Å². The minimum Gasteiger partial charge on any atom is -0.440 e. The number of nitrogens with zero attached hydrogens (tertiary/aromatic N) is 4. The Kier molecular flexibility index (Phi) is 9.87. The van der Waals surface area contributed by atoms with E-state index in [-0.39, 0.29) is 17.7 Å². The average Bonchev–Trinajstić information content (AvgIpc) is 3.21. The zero-order valence-corrected chi connectivity index (χ0v) is 23.9. The van der Waals surface area contributed by atoms with Crippen LogP contribution in [0.5, 0.6) is 0 Å². The lowest BCUT2D eigenvalue weighted by Crippen LogP contribution is -2.56. The lowest BCUT2D eigenvalue weighted by atomic mass is 9.80. The third kappa shape index (κ3) is 6.67. The number of hydrogen-bond acceptors (Lipinski definition) is 6. The Morgan fingerprint density at radius 1 is 0.947 bits per heavy atom. The SMILES string of the molecule is CCCCC1N(CC2CCCCC2)C(=O)OC12CCN(C1CCN(C(=O)CCN3CCOCC3)CC1)CC2. The van der Waals surface area contributed by atoms with E-state index in [1.807, 2.05) is 0 Å². The van der Waals surface area contributed by atoms with E-state index in [9.17, 15) is 9.59 Å². The maximum absolute atomic E-state index is 13.2. The maximum Gasteiger partial charge on any atom is 0.410 e. The molecule has 0 N–H and O–H groups in total. The molecule has 4 aliphatic heterocycles. The fourth-order valence-electron chi connectivity index (χ4n) is 7.80. The molecule has 0 bridgehead atoms. The van der Waals surface area contributed by atoms with Gasteiger partial charge in [-0.15, -0.1) is 0 Å². The molecule has 5 rings (SSSR count). The topological polar surface area (TPSA) is 65.6 Å². The summed E-state index contributed by atoms with van der Waals surface area (Å²) in [6.07, 6.45) is 14.5. The van der Waals surface area contributed by atoms with Crippen molar-refractivity contribution < 1.29 is 19.1 Å². The van der Waals surface area contributed by atoms with Crippen LogP contribution in [0.15, 0.2) is 0 Å². The summed E-state index contributed by atoms with van der Waals surface area (Å²) in [5, 5.41) is 0. The van der Waals surface area contributed by atoms with Crippen molar-refractivity contribution in [3.8, 4) is 0 Å². The Balaban J connectivity index is 1.10. The Labute approximate surface area is 230 Å². The molecule has 0 aromatic heterocycles. The van der Waals surface area contributed by atoms with Gasteiger partial charge in [-0.1, -0.05) is 39.0 Å². The minimum atomic E-state index is -0.298. The summed E-state index contributed by atoms with van der Waals surface area (Å²) in [7, 11) is 0. The van der Waals surface area contributed by atoms with Crippen LogP contribution in [0, 0.1) is 5.92 Å². The van der Waals surface area contributed by atoms with Gasteiger partial charge in [0.25, 0.3) is 0 Å². The molecule has 8 nitrogen and oxygen atoms in total. The molecular formula is C30H52N4O4. The molecule has 4 saturated heterocycles. The summed E-state index contributed by atoms with van der Waals surface area (Å²) in [5.74, 6) is 0.958. The number of carbonyl (C=O) groups excluding carboxylic acids is 2. The number of hydrogen-bond donors (Lipinski definition) is 0. The van der Waals surface area contributed by atoms with Gasteiger partial charge in [0.2, 0.25) is 5.91 Å². The second kappa shape index (κ2) is 13.3. The molecule has 1 saturated carbocycles. The Bertz CT molecular complexity index is 766. The van der Waals surface area contributed by atoms with Gasteiger partial charge in [0, 0.05) is 77.7 Å². The van der Waals surface area contributed by atoms with E-state index in [4.69, 9.17) is 9.47 Å². The molecule has 1 atom stereocenters. The van der Waals surface area contributed by atoms with E-state index in [0.29, 0.717) is 24.3 Å². The van der Waals surface area contributed by atoms with Crippen molar-refractivity contribution in [3.05, 3.63) is 0 Å². The first-order chi connectivity index (χ1) is 18.6. The molecule has 4 heterocycles. The summed E-state index contributed by atoms with van der Waals surface area (Å²) in [6.45, 7) is 11.2. The highest BCUT2D eigenvalue weighted by molar-refractivity contribution is 5.76. The predicted molar refractivity (Wildman–Crippen MR) is 148 cm³/mol.